The van der Waals surface area contributed by atoms with E-state index in [1.807, 2.05) is 6.92 Å². The summed E-state index contributed by atoms with van der Waals surface area (Å²) in [6.07, 6.45) is 7.93. The van der Waals surface area contributed by atoms with E-state index in [-0.39, 0.29) is 54.1 Å². The average molecular weight is 836 g/mol. The molecule has 61 heavy (non-hydrogen) atoms. The van der Waals surface area contributed by atoms with Crippen molar-refractivity contribution in [2.75, 3.05) is 51.5 Å². The number of aliphatic imine (C=N–C) groups is 1. The van der Waals surface area contributed by atoms with Crippen LogP contribution in [0.4, 0.5) is 16.2 Å². The van der Waals surface area contributed by atoms with Gasteiger partial charge in [0.1, 0.15) is 12.4 Å². The van der Waals surface area contributed by atoms with E-state index in [0.29, 0.717) is 104 Å². The number of amides is 5. The fraction of sp³-hybridized carbons (Fsp3) is 0.435. The van der Waals surface area contributed by atoms with Gasteiger partial charge in [-0.15, -0.1) is 0 Å². The number of imide groups is 1. The number of rotatable bonds is 17. The molecule has 5 aliphatic heterocycles. The molecule has 15 nitrogen and oxygen atoms in total. The predicted molar refractivity (Wildman–Crippen MR) is 228 cm³/mol. The lowest BCUT2D eigenvalue weighted by Crippen LogP contribution is -2.51. The Hall–Kier alpha value is -6.22. The van der Waals surface area contributed by atoms with Gasteiger partial charge in [-0.25, -0.2) is 9.69 Å². The summed E-state index contributed by atoms with van der Waals surface area (Å²) < 4.78 is 23.6. The first-order valence-corrected chi connectivity index (χ1v) is 20.8. The van der Waals surface area contributed by atoms with Crippen molar-refractivity contribution in [1.29, 1.82) is 0 Å². The lowest BCUT2D eigenvalue weighted by atomic mass is 10.1. The molecule has 0 aliphatic carbocycles. The van der Waals surface area contributed by atoms with Crippen LogP contribution in [0.3, 0.4) is 0 Å². The number of unbranched alkanes of at least 4 members (excludes halogenated alkanes) is 4. The van der Waals surface area contributed by atoms with E-state index in [9.17, 15) is 29.1 Å². The zero-order valence-corrected chi connectivity index (χ0v) is 34.9. The Balaban J connectivity index is 0.931. The molecule has 2 fully saturated rings. The number of nitrogens with zero attached hydrogens (tertiary/aromatic N) is 5. The van der Waals surface area contributed by atoms with Gasteiger partial charge in [0.05, 0.1) is 54.9 Å². The minimum atomic E-state index is -1.41. The maximum atomic E-state index is 13.9. The normalized spacial score (nSPS) is 20.4. The van der Waals surface area contributed by atoms with Crippen molar-refractivity contribution in [2.45, 2.75) is 83.0 Å². The van der Waals surface area contributed by atoms with Crippen LogP contribution >= 0.6 is 0 Å². The van der Waals surface area contributed by atoms with Crippen LogP contribution < -0.4 is 19.1 Å². The Bertz CT molecular complexity index is 2200. The number of fused-ring (bicyclic) bond motifs is 4. The van der Waals surface area contributed by atoms with E-state index >= 15 is 0 Å². The van der Waals surface area contributed by atoms with E-state index in [0.717, 1.165) is 35.3 Å². The number of anilines is 1. The van der Waals surface area contributed by atoms with Crippen LogP contribution in [-0.2, 0) is 14.3 Å². The third-order valence-electron chi connectivity index (χ3n) is 11.6. The zero-order chi connectivity index (χ0) is 43.4. The first-order valence-electron chi connectivity index (χ1n) is 20.8. The summed E-state index contributed by atoms with van der Waals surface area (Å²) in [5.41, 5.74) is 4.56. The molecule has 5 heterocycles. The van der Waals surface area contributed by atoms with E-state index < -0.39 is 18.4 Å². The van der Waals surface area contributed by atoms with Gasteiger partial charge < -0.3 is 33.9 Å². The van der Waals surface area contributed by atoms with Crippen molar-refractivity contribution in [3.63, 3.8) is 0 Å². The molecule has 1 N–H and O–H groups in total. The number of hydrogen-bond donors (Lipinski definition) is 1. The van der Waals surface area contributed by atoms with E-state index in [2.05, 4.69) is 24.7 Å². The number of carbonyl (C=O) groups excluding carboxylic acids is 5. The molecule has 5 amide bonds. The highest BCUT2D eigenvalue weighted by molar-refractivity contribution is 6.13. The molecular weight excluding hydrogens is 783 g/mol. The van der Waals surface area contributed by atoms with Crippen molar-refractivity contribution >= 4 is 47.3 Å². The molecule has 2 saturated heterocycles. The molecule has 322 valence electrons. The van der Waals surface area contributed by atoms with Gasteiger partial charge >= 0.3 is 6.09 Å². The second kappa shape index (κ2) is 18.6. The fourth-order valence-electron chi connectivity index (χ4n) is 8.33. The quantitative estimate of drug-likeness (QED) is 0.110. The van der Waals surface area contributed by atoms with Gasteiger partial charge in [0, 0.05) is 50.1 Å². The van der Waals surface area contributed by atoms with Crippen LogP contribution in [0.1, 0.15) is 84.1 Å². The lowest BCUT2D eigenvalue weighted by molar-refractivity contribution is -0.136. The van der Waals surface area contributed by atoms with Crippen LogP contribution in [0.5, 0.6) is 17.2 Å². The van der Waals surface area contributed by atoms with Crippen molar-refractivity contribution in [2.24, 2.45) is 4.99 Å². The molecule has 0 bridgehead atoms. The first kappa shape index (κ1) is 42.9. The zero-order valence-electron chi connectivity index (χ0n) is 34.9. The van der Waals surface area contributed by atoms with Crippen molar-refractivity contribution < 1.29 is 48.0 Å². The highest BCUT2D eigenvalue weighted by Crippen LogP contribution is 2.41. The summed E-state index contributed by atoms with van der Waals surface area (Å²) >= 11 is 0. The van der Waals surface area contributed by atoms with Crippen molar-refractivity contribution in [1.82, 2.24) is 14.7 Å². The van der Waals surface area contributed by atoms with Crippen molar-refractivity contribution in [3.8, 4) is 17.2 Å². The number of benzene rings is 2. The molecule has 0 radical (unpaired) electrons. The molecule has 7 rings (SSSR count). The fourth-order valence-corrected chi connectivity index (χ4v) is 8.33. The van der Waals surface area contributed by atoms with E-state index in [4.69, 9.17) is 18.9 Å². The van der Waals surface area contributed by atoms with Gasteiger partial charge in [0.15, 0.2) is 17.7 Å². The molecule has 0 unspecified atom stereocenters. The van der Waals surface area contributed by atoms with Gasteiger partial charge in [0.2, 0.25) is 0 Å². The van der Waals surface area contributed by atoms with Gasteiger partial charge in [-0.1, -0.05) is 37.3 Å². The van der Waals surface area contributed by atoms with Crippen LogP contribution in [0, 0.1) is 6.92 Å². The molecular formula is C46H53N5O10. The standard InChI is InChI=1S/C46H53N5O10/c1-28(12-8-6-9-15-48-41(52)13-14-42(48)53)27-61-46(57)51-36-23-38(31(4)20-34(36)44(55)50-26-30(3)19-37(50)45(51)56)59-16-10-7-11-17-60-40-22-35-33(21-39(40)58-5)43(54)49-25-29(2)18-32(49)24-47-35/h13-14,20-24,32,37,45,56H,1-3,6-12,15-19,25-27H2,4-5H3/t32-,37-,45-/m0/s1. The largest absolute Gasteiger partial charge is 0.493 e. The molecule has 2 aromatic rings. The van der Waals surface area contributed by atoms with E-state index in [1.165, 1.54) is 24.2 Å². The van der Waals surface area contributed by atoms with Crippen LogP contribution in [0.2, 0.25) is 0 Å². The van der Waals surface area contributed by atoms with Gasteiger partial charge in [0.25, 0.3) is 23.6 Å². The molecule has 0 saturated carbocycles. The second-order valence-corrected chi connectivity index (χ2v) is 16.2. The monoisotopic (exact) mass is 835 g/mol. The highest BCUT2D eigenvalue weighted by atomic mass is 16.6. The Morgan fingerprint density at radius 2 is 1.49 bits per heavy atom. The molecule has 5 aliphatic rings. The first-order chi connectivity index (χ1) is 29.3. The molecule has 2 aromatic carbocycles. The van der Waals surface area contributed by atoms with Gasteiger partial charge in [-0.05, 0) is 81.6 Å². The lowest BCUT2D eigenvalue weighted by Gasteiger charge is -2.31. The summed E-state index contributed by atoms with van der Waals surface area (Å²) in [7, 11) is 1.54. The second-order valence-electron chi connectivity index (χ2n) is 16.2. The summed E-state index contributed by atoms with van der Waals surface area (Å²) in [6.45, 7) is 15.7. The molecule has 0 aromatic heterocycles. The number of aliphatic hydroxyl groups is 1. The van der Waals surface area contributed by atoms with Crippen LogP contribution in [-0.4, -0.2) is 121 Å². The number of aryl methyl sites for hydroxylation is 1. The number of aliphatic hydroxyl groups excluding tert-OH is 1. The maximum Gasteiger partial charge on any atom is 0.416 e. The summed E-state index contributed by atoms with van der Waals surface area (Å²) in [5, 5.41) is 11.7. The predicted octanol–water partition coefficient (Wildman–Crippen LogP) is 6.21. The maximum absolute atomic E-state index is 13.9. The number of ether oxygens (including phenoxy) is 4. The third kappa shape index (κ3) is 9.26. The summed E-state index contributed by atoms with van der Waals surface area (Å²) in [6, 6.07) is 5.91. The molecule has 15 heteroatoms. The Labute approximate surface area is 355 Å². The molecule has 0 spiro atoms. The van der Waals surface area contributed by atoms with E-state index in [1.54, 1.807) is 40.3 Å². The minimum absolute atomic E-state index is 0.0960. The average Bonchev–Trinajstić information content (AvgIpc) is 3.89. The van der Waals surface area contributed by atoms with Gasteiger partial charge in [-0.3, -0.25) is 29.1 Å². The highest BCUT2D eigenvalue weighted by Gasteiger charge is 2.46. The number of carbonyl (C=O) groups is 5. The summed E-state index contributed by atoms with van der Waals surface area (Å²) in [4.78, 5) is 74.9. The van der Waals surface area contributed by atoms with Gasteiger partial charge in [-0.2, -0.15) is 0 Å². The topological polar surface area (TPSA) is 168 Å². The van der Waals surface area contributed by atoms with Crippen molar-refractivity contribution in [3.05, 3.63) is 89.6 Å². The smallest absolute Gasteiger partial charge is 0.416 e. The van der Waals surface area contributed by atoms with Crippen LogP contribution in [0.25, 0.3) is 0 Å². The molecule has 3 atom stereocenters. The number of methoxy groups -OCH3 is 1. The Morgan fingerprint density at radius 3 is 2.23 bits per heavy atom. The number of hydrogen-bond acceptors (Lipinski definition) is 11. The van der Waals surface area contributed by atoms with Crippen LogP contribution in [0.15, 0.2) is 77.9 Å². The Morgan fingerprint density at radius 1 is 0.820 bits per heavy atom. The SMILES string of the molecule is C=C(CCCCCN1C(=O)C=CC1=O)COC(=O)N1c2cc(OCCCCCOc3cc4c(cc3OC)C(=O)N3CC(=C)C[C@H]3C=N4)c(C)cc2C(=O)N2CC(=C)C[C@H]2[C@@H]1O. The Kier molecular flexibility index (Phi) is 13.1. The summed E-state index contributed by atoms with van der Waals surface area (Å²) in [5.74, 6) is 0.382. The third-order valence-corrected chi connectivity index (χ3v) is 11.6. The minimum Gasteiger partial charge on any atom is -0.493 e.